The van der Waals surface area contributed by atoms with Gasteiger partial charge in [0.1, 0.15) is 0 Å². The molecule has 0 aromatic rings. The summed E-state index contributed by atoms with van der Waals surface area (Å²) in [4.78, 5) is 14.0. The van der Waals surface area contributed by atoms with Gasteiger partial charge in [0.2, 0.25) is 0 Å². The maximum Gasteiger partial charge on any atom is 0.441 e. The number of hydrazone groups is 1. The van der Waals surface area contributed by atoms with Gasteiger partial charge in [-0.1, -0.05) is 0 Å². The number of thioether (sulfide) groups is 1. The highest BCUT2D eigenvalue weighted by atomic mass is 32.2. The molecule has 0 radical (unpaired) electrons. The average molecular weight is 306 g/mol. The Kier molecular flexibility index (Phi) is 2.77. The molecule has 19 heavy (non-hydrogen) atoms. The van der Waals surface area contributed by atoms with E-state index in [1.165, 1.54) is 6.92 Å². The maximum atomic E-state index is 12.7. The van der Waals surface area contributed by atoms with Crippen LogP contribution in [0.1, 0.15) is 6.92 Å². The van der Waals surface area contributed by atoms with Crippen molar-refractivity contribution >= 4 is 28.0 Å². The summed E-state index contributed by atoms with van der Waals surface area (Å²) in [6.45, 7) is 1.32. The van der Waals surface area contributed by atoms with Crippen molar-refractivity contribution in [3.63, 3.8) is 0 Å². The Morgan fingerprint density at radius 1 is 1.21 bits per heavy atom. The highest BCUT2D eigenvalue weighted by Crippen LogP contribution is 2.46. The number of alkyl halides is 6. The molecule has 0 unspecified atom stereocenters. The van der Waals surface area contributed by atoms with Gasteiger partial charge in [0.25, 0.3) is 0 Å². The van der Waals surface area contributed by atoms with E-state index in [9.17, 15) is 31.1 Å². The molecule has 0 saturated heterocycles. The van der Waals surface area contributed by atoms with E-state index < -0.39 is 29.2 Å². The van der Waals surface area contributed by atoms with Gasteiger partial charge in [0.05, 0.1) is 5.04 Å². The summed E-state index contributed by atoms with van der Waals surface area (Å²) in [6, 6.07) is -1.64. The molecule has 2 heterocycles. The van der Waals surface area contributed by atoms with Gasteiger partial charge >= 0.3 is 24.0 Å². The van der Waals surface area contributed by atoms with Crippen LogP contribution in [0, 0.1) is 0 Å². The molecule has 2 rings (SSSR count). The van der Waals surface area contributed by atoms with E-state index in [1.807, 2.05) is 0 Å². The number of amides is 2. The molecule has 2 aliphatic heterocycles. The molecule has 0 aromatic heterocycles. The Labute approximate surface area is 105 Å². The topological polar surface area (TPSA) is 57.1 Å². The third-order valence-corrected chi connectivity index (χ3v) is 3.05. The summed E-state index contributed by atoms with van der Waals surface area (Å²) in [7, 11) is 0. The Morgan fingerprint density at radius 2 is 1.74 bits per heavy atom. The predicted molar refractivity (Wildman–Crippen MR) is 53.3 cm³/mol. The smallest absolute Gasteiger partial charge is 0.296 e. The molecule has 0 fully saturated rings. The third-order valence-electron chi connectivity index (χ3n) is 2.23. The summed E-state index contributed by atoms with van der Waals surface area (Å²) in [5.74, 6) is 0. The van der Waals surface area contributed by atoms with E-state index in [4.69, 9.17) is 0 Å². The van der Waals surface area contributed by atoms with Crippen molar-refractivity contribution in [2.24, 2.45) is 10.1 Å². The van der Waals surface area contributed by atoms with Crippen molar-refractivity contribution in [2.45, 2.75) is 24.9 Å². The number of carbonyl (C=O) groups excluding carboxylic acids is 1. The fourth-order valence-corrected chi connectivity index (χ4v) is 2.17. The number of urea groups is 1. The summed E-state index contributed by atoms with van der Waals surface area (Å²) in [5, 5.41) is 3.98. The van der Waals surface area contributed by atoms with E-state index in [2.05, 4.69) is 10.1 Å². The number of nitrogens with zero attached hydrogens (tertiary/aromatic N) is 3. The Bertz CT molecular complexity index is 481. The minimum atomic E-state index is -5.82. The zero-order valence-electron chi connectivity index (χ0n) is 8.93. The molecular weight excluding hydrogens is 302 g/mol. The van der Waals surface area contributed by atoms with Gasteiger partial charge < -0.3 is 0 Å². The highest BCUT2D eigenvalue weighted by Gasteiger charge is 2.74. The van der Waals surface area contributed by atoms with Crippen LogP contribution in [0.4, 0.5) is 31.1 Å². The van der Waals surface area contributed by atoms with Gasteiger partial charge in [-0.25, -0.2) is 9.79 Å². The molecule has 0 aromatic carbocycles. The molecule has 5 nitrogen and oxygen atoms in total. The number of halogens is 6. The van der Waals surface area contributed by atoms with Crippen molar-refractivity contribution in [2.75, 3.05) is 0 Å². The largest absolute Gasteiger partial charge is 0.441 e. The first kappa shape index (κ1) is 14.0. The van der Waals surface area contributed by atoms with E-state index in [-0.39, 0.29) is 5.04 Å². The van der Waals surface area contributed by atoms with E-state index in [0.717, 1.165) is 5.32 Å². The molecule has 12 heteroatoms. The van der Waals surface area contributed by atoms with E-state index >= 15 is 0 Å². The van der Waals surface area contributed by atoms with E-state index in [0.29, 0.717) is 16.8 Å². The zero-order valence-corrected chi connectivity index (χ0v) is 9.74. The Balaban J connectivity index is 2.58. The molecule has 2 amide bonds. The van der Waals surface area contributed by atoms with Gasteiger partial charge in [0, 0.05) is 0 Å². The van der Waals surface area contributed by atoms with Crippen LogP contribution < -0.4 is 5.32 Å². The van der Waals surface area contributed by atoms with Gasteiger partial charge in [0.15, 0.2) is 5.17 Å². The zero-order chi connectivity index (χ0) is 14.6. The van der Waals surface area contributed by atoms with Gasteiger partial charge in [-0.2, -0.15) is 36.5 Å². The number of carbonyl (C=O) groups is 1. The second-order valence-corrected chi connectivity index (χ2v) is 4.72. The lowest BCUT2D eigenvalue weighted by Gasteiger charge is -2.38. The van der Waals surface area contributed by atoms with Crippen molar-refractivity contribution in [1.29, 1.82) is 0 Å². The van der Waals surface area contributed by atoms with Crippen molar-refractivity contribution in [1.82, 2.24) is 10.3 Å². The summed E-state index contributed by atoms with van der Waals surface area (Å²) >= 11 is 0.453. The lowest BCUT2D eigenvalue weighted by Crippen LogP contribution is -2.70. The minimum absolute atomic E-state index is 0.106. The van der Waals surface area contributed by atoms with Crippen LogP contribution in [0.2, 0.25) is 0 Å². The molecular formula is C7H4F6N4OS. The number of hydrogen-bond donors (Lipinski definition) is 1. The fourth-order valence-electron chi connectivity index (χ4n) is 1.39. The van der Waals surface area contributed by atoms with Gasteiger partial charge in [-0.3, -0.25) is 5.32 Å². The van der Waals surface area contributed by atoms with Crippen molar-refractivity contribution in [3.05, 3.63) is 0 Å². The minimum Gasteiger partial charge on any atom is -0.296 e. The average Bonchev–Trinajstić information content (AvgIpc) is 2.55. The maximum absolute atomic E-state index is 12.7. The first-order chi connectivity index (χ1) is 8.48. The van der Waals surface area contributed by atoms with Crippen LogP contribution in [0.3, 0.4) is 0 Å². The monoisotopic (exact) mass is 306 g/mol. The Morgan fingerprint density at radius 3 is 2.21 bits per heavy atom. The van der Waals surface area contributed by atoms with Gasteiger partial charge in [-0.05, 0) is 18.7 Å². The first-order valence-corrected chi connectivity index (χ1v) is 5.38. The molecule has 0 atom stereocenters. The molecule has 2 aliphatic rings. The van der Waals surface area contributed by atoms with Crippen LogP contribution in [0.25, 0.3) is 0 Å². The van der Waals surface area contributed by atoms with Crippen LogP contribution in [0.5, 0.6) is 0 Å². The lowest BCUT2D eigenvalue weighted by molar-refractivity contribution is -0.302. The molecule has 0 bridgehead atoms. The molecule has 1 N–H and O–H groups in total. The molecule has 0 saturated carbocycles. The number of aliphatic imine (C=N–C) groups is 1. The fraction of sp³-hybridized carbons (Fsp3) is 0.571. The number of hydrogen-bond acceptors (Lipinski definition) is 4. The standard InChI is InChI=1S/C7H4F6N4OS/c1-2-16-17-3(18)14-5(6(8,9)10,7(11,12)13)15-4(17)19-2/h1H3,(H,14,18). The predicted octanol–water partition coefficient (Wildman–Crippen LogP) is 2.27. The normalized spacial score (nSPS) is 22.7. The van der Waals surface area contributed by atoms with Crippen LogP contribution in [-0.2, 0) is 0 Å². The van der Waals surface area contributed by atoms with Gasteiger partial charge in [-0.15, -0.1) is 0 Å². The van der Waals surface area contributed by atoms with Crippen LogP contribution in [-0.4, -0.2) is 39.3 Å². The van der Waals surface area contributed by atoms with Crippen LogP contribution >= 0.6 is 11.8 Å². The van der Waals surface area contributed by atoms with Crippen LogP contribution in [0.15, 0.2) is 10.1 Å². The molecule has 0 spiro atoms. The van der Waals surface area contributed by atoms with Crippen molar-refractivity contribution < 1.29 is 31.1 Å². The SMILES string of the molecule is CC1=NN2C(=O)NC(C(F)(F)F)(C(F)(F)F)N=C2S1. The number of amidine groups is 1. The highest BCUT2D eigenvalue weighted by molar-refractivity contribution is 8.26. The quantitative estimate of drug-likeness (QED) is 0.698. The summed E-state index contributed by atoms with van der Waals surface area (Å²) < 4.78 is 76.3. The van der Waals surface area contributed by atoms with E-state index in [1.54, 1.807) is 0 Å². The third kappa shape index (κ3) is 1.93. The summed E-state index contributed by atoms with van der Waals surface area (Å²) in [6.07, 6.45) is -11.6. The second kappa shape index (κ2) is 3.77. The van der Waals surface area contributed by atoms with Crippen molar-refractivity contribution in [3.8, 4) is 0 Å². The number of rotatable bonds is 0. The molecule has 0 aliphatic carbocycles. The number of nitrogens with one attached hydrogen (secondary N) is 1. The Hall–Kier alpha value is -1.46. The summed E-state index contributed by atoms with van der Waals surface area (Å²) in [5.41, 5.74) is -4.64. The molecule has 106 valence electrons. The first-order valence-electron chi connectivity index (χ1n) is 4.56. The number of fused-ring (bicyclic) bond motifs is 1. The lowest BCUT2D eigenvalue weighted by atomic mass is 10.1. The second-order valence-electron chi connectivity index (χ2n) is 3.56.